The first-order valence-corrected chi connectivity index (χ1v) is 7.30. The first kappa shape index (κ1) is 12.6. The summed E-state index contributed by atoms with van der Waals surface area (Å²) in [5, 5.41) is 6.75. The summed E-state index contributed by atoms with van der Waals surface area (Å²) in [7, 11) is 0. The van der Waals surface area contributed by atoms with Crippen LogP contribution in [-0.4, -0.2) is 4.98 Å². The van der Waals surface area contributed by atoms with E-state index in [-0.39, 0.29) is 0 Å². The number of benzene rings is 1. The molecule has 1 aromatic heterocycles. The monoisotopic (exact) mass is 310 g/mol. The van der Waals surface area contributed by atoms with Gasteiger partial charge in [0.05, 0.1) is 17.2 Å². The highest BCUT2D eigenvalue weighted by atomic mass is 79.9. The lowest BCUT2D eigenvalue weighted by molar-refractivity contribution is 1.01. The average molecular weight is 311 g/mol. The van der Waals surface area contributed by atoms with Gasteiger partial charge >= 0.3 is 0 Å². The molecule has 0 aliphatic carbocycles. The molecule has 4 heteroatoms. The maximum atomic E-state index is 4.54. The summed E-state index contributed by atoms with van der Waals surface area (Å²) in [6, 6.07) is 6.18. The molecule has 2 rings (SSSR count). The molecule has 1 N–H and O–H groups in total. The third-order valence-corrected chi connectivity index (χ3v) is 4.53. The van der Waals surface area contributed by atoms with Crippen LogP contribution in [0.5, 0.6) is 0 Å². The zero-order valence-electron chi connectivity index (χ0n) is 9.96. The summed E-state index contributed by atoms with van der Waals surface area (Å²) >= 11 is 5.27. The molecule has 17 heavy (non-hydrogen) atoms. The van der Waals surface area contributed by atoms with Crippen molar-refractivity contribution in [1.82, 2.24) is 4.98 Å². The second-order valence-electron chi connectivity index (χ2n) is 3.85. The number of aryl methyl sites for hydroxylation is 1. The second kappa shape index (κ2) is 5.65. The van der Waals surface area contributed by atoms with Gasteiger partial charge in [-0.2, -0.15) is 0 Å². The first-order chi connectivity index (χ1) is 8.20. The number of hydrogen-bond donors (Lipinski definition) is 1. The van der Waals surface area contributed by atoms with E-state index in [0.717, 1.165) is 28.8 Å². The Morgan fingerprint density at radius 3 is 2.94 bits per heavy atom. The molecule has 1 aromatic carbocycles. The first-order valence-electron chi connectivity index (χ1n) is 5.63. The van der Waals surface area contributed by atoms with Crippen molar-refractivity contribution in [2.75, 3.05) is 5.32 Å². The smallest absolute Gasteiger partial charge is 0.0926 e. The van der Waals surface area contributed by atoms with Crippen LogP contribution in [0.4, 0.5) is 5.69 Å². The van der Waals surface area contributed by atoms with Crippen molar-refractivity contribution in [1.29, 1.82) is 0 Å². The largest absolute Gasteiger partial charge is 0.379 e. The van der Waals surface area contributed by atoms with Crippen molar-refractivity contribution >= 4 is 33.0 Å². The van der Waals surface area contributed by atoms with E-state index in [0.29, 0.717) is 0 Å². The van der Waals surface area contributed by atoms with Gasteiger partial charge in [-0.05, 0) is 31.0 Å². The number of nitrogens with one attached hydrogen (secondary N) is 1. The molecule has 0 fully saturated rings. The standard InChI is InChI=1S/C13H15BrN2S/c1-3-13-16-10(8-17-13)7-15-12-6-4-5-11(14)9(12)2/h4-6,8,15H,3,7H2,1-2H3. The van der Waals surface area contributed by atoms with Crippen LogP contribution in [-0.2, 0) is 13.0 Å². The van der Waals surface area contributed by atoms with Gasteiger partial charge in [0.1, 0.15) is 0 Å². The van der Waals surface area contributed by atoms with E-state index in [2.05, 4.69) is 57.6 Å². The Bertz CT molecular complexity index is 508. The number of halogens is 1. The fourth-order valence-electron chi connectivity index (χ4n) is 1.58. The van der Waals surface area contributed by atoms with Crippen LogP contribution in [0.2, 0.25) is 0 Å². The SMILES string of the molecule is CCc1nc(CNc2cccc(Br)c2C)cs1. The molecule has 0 unspecified atom stereocenters. The molecule has 0 spiro atoms. The van der Waals surface area contributed by atoms with Crippen LogP contribution in [0.3, 0.4) is 0 Å². The Balaban J connectivity index is 2.04. The molecule has 0 aliphatic heterocycles. The minimum Gasteiger partial charge on any atom is -0.379 e. The van der Waals surface area contributed by atoms with Gasteiger partial charge in [-0.25, -0.2) is 4.98 Å². The van der Waals surface area contributed by atoms with E-state index in [1.165, 1.54) is 10.6 Å². The van der Waals surface area contributed by atoms with Gasteiger partial charge in [0.2, 0.25) is 0 Å². The van der Waals surface area contributed by atoms with Gasteiger partial charge in [0.25, 0.3) is 0 Å². The van der Waals surface area contributed by atoms with E-state index < -0.39 is 0 Å². The lowest BCUT2D eigenvalue weighted by Gasteiger charge is -2.09. The molecule has 0 amide bonds. The van der Waals surface area contributed by atoms with E-state index in [1.807, 2.05) is 6.07 Å². The zero-order valence-corrected chi connectivity index (χ0v) is 12.4. The van der Waals surface area contributed by atoms with Crippen molar-refractivity contribution < 1.29 is 0 Å². The van der Waals surface area contributed by atoms with Gasteiger partial charge in [0, 0.05) is 15.5 Å². The van der Waals surface area contributed by atoms with Crippen molar-refractivity contribution in [3.8, 4) is 0 Å². The van der Waals surface area contributed by atoms with Gasteiger partial charge in [-0.15, -0.1) is 11.3 Å². The summed E-state index contributed by atoms with van der Waals surface area (Å²) in [6.07, 6.45) is 1.01. The van der Waals surface area contributed by atoms with Crippen molar-refractivity contribution in [2.45, 2.75) is 26.8 Å². The molecule has 0 radical (unpaired) electrons. The molecular weight excluding hydrogens is 296 g/mol. The Morgan fingerprint density at radius 2 is 2.24 bits per heavy atom. The molecule has 0 saturated carbocycles. The number of nitrogens with zero attached hydrogens (tertiary/aromatic N) is 1. The molecule has 90 valence electrons. The summed E-state index contributed by atoms with van der Waals surface area (Å²) in [5.41, 5.74) is 3.51. The predicted octanol–water partition coefficient (Wildman–Crippen LogP) is 4.39. The molecular formula is C13H15BrN2S. The van der Waals surface area contributed by atoms with E-state index in [4.69, 9.17) is 0 Å². The Hall–Kier alpha value is -0.870. The molecule has 0 aliphatic rings. The topological polar surface area (TPSA) is 24.9 Å². The second-order valence-corrected chi connectivity index (χ2v) is 5.65. The normalized spacial score (nSPS) is 10.5. The van der Waals surface area contributed by atoms with E-state index in [9.17, 15) is 0 Å². The number of thiazole rings is 1. The van der Waals surface area contributed by atoms with E-state index in [1.54, 1.807) is 11.3 Å². The Labute approximate surface area is 114 Å². The van der Waals surface area contributed by atoms with Crippen molar-refractivity contribution in [3.63, 3.8) is 0 Å². The summed E-state index contributed by atoms with van der Waals surface area (Å²) in [6.45, 7) is 5.02. The maximum Gasteiger partial charge on any atom is 0.0926 e. The van der Waals surface area contributed by atoms with Crippen LogP contribution in [0.25, 0.3) is 0 Å². The fraction of sp³-hybridized carbons (Fsp3) is 0.308. The van der Waals surface area contributed by atoms with Gasteiger partial charge in [-0.1, -0.05) is 28.9 Å². The lowest BCUT2D eigenvalue weighted by atomic mass is 10.2. The summed E-state index contributed by atoms with van der Waals surface area (Å²) in [5.74, 6) is 0. The minimum absolute atomic E-state index is 0.786. The van der Waals surface area contributed by atoms with Crippen LogP contribution in [0.15, 0.2) is 28.1 Å². The van der Waals surface area contributed by atoms with Crippen molar-refractivity contribution in [2.24, 2.45) is 0 Å². The van der Waals surface area contributed by atoms with Crippen LogP contribution in [0.1, 0.15) is 23.2 Å². The molecule has 0 atom stereocenters. The Morgan fingerprint density at radius 1 is 1.41 bits per heavy atom. The van der Waals surface area contributed by atoms with E-state index >= 15 is 0 Å². The maximum absolute atomic E-state index is 4.54. The average Bonchev–Trinajstić information content (AvgIpc) is 2.79. The number of anilines is 1. The van der Waals surface area contributed by atoms with Gasteiger partial charge in [0.15, 0.2) is 0 Å². The predicted molar refractivity (Wildman–Crippen MR) is 77.7 cm³/mol. The quantitative estimate of drug-likeness (QED) is 0.906. The summed E-state index contributed by atoms with van der Waals surface area (Å²) in [4.78, 5) is 4.54. The molecule has 0 bridgehead atoms. The minimum atomic E-state index is 0.786. The highest BCUT2D eigenvalue weighted by Gasteiger charge is 2.03. The lowest BCUT2D eigenvalue weighted by Crippen LogP contribution is -2.01. The van der Waals surface area contributed by atoms with Crippen LogP contribution in [0, 0.1) is 6.92 Å². The number of aromatic nitrogens is 1. The molecule has 1 heterocycles. The van der Waals surface area contributed by atoms with Crippen molar-refractivity contribution in [3.05, 3.63) is 44.3 Å². The highest BCUT2D eigenvalue weighted by Crippen LogP contribution is 2.24. The van der Waals surface area contributed by atoms with Crippen LogP contribution < -0.4 is 5.32 Å². The highest BCUT2D eigenvalue weighted by molar-refractivity contribution is 9.10. The molecule has 2 aromatic rings. The van der Waals surface area contributed by atoms with Crippen LogP contribution >= 0.6 is 27.3 Å². The number of hydrogen-bond acceptors (Lipinski definition) is 3. The van der Waals surface area contributed by atoms with Gasteiger partial charge in [-0.3, -0.25) is 0 Å². The zero-order chi connectivity index (χ0) is 12.3. The van der Waals surface area contributed by atoms with Gasteiger partial charge < -0.3 is 5.32 Å². The fourth-order valence-corrected chi connectivity index (χ4v) is 2.69. The molecule has 2 nitrogen and oxygen atoms in total. The molecule has 0 saturated heterocycles. The summed E-state index contributed by atoms with van der Waals surface area (Å²) < 4.78 is 1.13. The third-order valence-electron chi connectivity index (χ3n) is 2.63. The third kappa shape index (κ3) is 3.07. The number of rotatable bonds is 4. The Kier molecular flexibility index (Phi) is 4.18.